The molecule has 26 heavy (non-hydrogen) atoms. The highest BCUT2D eigenvalue weighted by molar-refractivity contribution is 6.31. The molecule has 3 heterocycles. The number of piperazine rings is 1. The van der Waals surface area contributed by atoms with Gasteiger partial charge in [0.2, 0.25) is 0 Å². The lowest BCUT2D eigenvalue weighted by molar-refractivity contribution is -0.110. The van der Waals surface area contributed by atoms with Crippen molar-refractivity contribution in [3.8, 4) is 5.75 Å². The molecule has 2 aliphatic rings. The van der Waals surface area contributed by atoms with Crippen LogP contribution in [0.2, 0.25) is 0 Å². The highest BCUT2D eigenvalue weighted by atomic mass is 16.5. The van der Waals surface area contributed by atoms with E-state index in [0.29, 0.717) is 43.3 Å². The number of benzene rings is 1. The van der Waals surface area contributed by atoms with Crippen LogP contribution in [0.25, 0.3) is 5.57 Å². The highest BCUT2D eigenvalue weighted by Crippen LogP contribution is 2.34. The lowest BCUT2D eigenvalue weighted by atomic mass is 10.1. The van der Waals surface area contributed by atoms with Gasteiger partial charge in [-0.05, 0) is 30.3 Å². The number of methoxy groups -OCH3 is 1. The fourth-order valence-electron chi connectivity index (χ4n) is 3.22. The maximum Gasteiger partial charge on any atom is 0.289 e. The number of nitrogens with zero attached hydrogens (tertiary/aromatic N) is 2. The van der Waals surface area contributed by atoms with Crippen molar-refractivity contribution >= 4 is 23.1 Å². The molecule has 2 amide bonds. The quantitative estimate of drug-likeness (QED) is 0.855. The molecule has 1 fully saturated rings. The number of ether oxygens (including phenoxy) is 1. The number of hydrogen-bond acceptors (Lipinski definition) is 5. The Morgan fingerprint density at radius 3 is 2.73 bits per heavy atom. The zero-order valence-electron chi connectivity index (χ0n) is 14.4. The van der Waals surface area contributed by atoms with Crippen molar-refractivity contribution in [1.82, 2.24) is 9.80 Å². The average molecular weight is 353 g/mol. The van der Waals surface area contributed by atoms with Gasteiger partial charge in [-0.15, -0.1) is 0 Å². The van der Waals surface area contributed by atoms with Crippen LogP contribution in [0.3, 0.4) is 0 Å². The summed E-state index contributed by atoms with van der Waals surface area (Å²) in [7, 11) is 1.60. The second kappa shape index (κ2) is 6.59. The van der Waals surface area contributed by atoms with E-state index in [1.807, 2.05) is 24.4 Å². The first kappa shape index (κ1) is 16.3. The number of carbonyl (C=O) groups is 2. The van der Waals surface area contributed by atoms with Crippen LogP contribution in [-0.4, -0.2) is 54.9 Å². The maximum atomic E-state index is 12.3. The molecule has 1 saturated heterocycles. The largest absolute Gasteiger partial charge is 0.497 e. The second-order valence-corrected chi connectivity index (χ2v) is 6.21. The summed E-state index contributed by atoms with van der Waals surface area (Å²) in [6, 6.07) is 8.89. The number of hydrogen-bond donors (Lipinski definition) is 1. The molecule has 0 aliphatic carbocycles. The standard InChI is InChI=1S/C19H19N3O4/c1-25-13-4-5-16-14(11-13)15(18(23)20-16)12-21-6-8-22(9-7-21)19(24)17-3-2-10-26-17/h2-5,10-12H,6-9H2,1H3,(H,20,23)/b15-12+. The predicted molar refractivity (Wildman–Crippen MR) is 95.8 cm³/mol. The lowest BCUT2D eigenvalue weighted by Crippen LogP contribution is -2.46. The van der Waals surface area contributed by atoms with Crippen LogP contribution in [-0.2, 0) is 4.79 Å². The van der Waals surface area contributed by atoms with Gasteiger partial charge in [0.05, 0.1) is 18.9 Å². The first-order valence-corrected chi connectivity index (χ1v) is 8.44. The van der Waals surface area contributed by atoms with Crippen LogP contribution in [0.5, 0.6) is 5.75 Å². The first-order valence-electron chi connectivity index (χ1n) is 8.44. The van der Waals surface area contributed by atoms with Crippen LogP contribution >= 0.6 is 0 Å². The summed E-state index contributed by atoms with van der Waals surface area (Å²) in [5.74, 6) is 0.839. The van der Waals surface area contributed by atoms with Crippen LogP contribution in [0.15, 0.2) is 47.2 Å². The Morgan fingerprint density at radius 1 is 1.23 bits per heavy atom. The molecule has 1 N–H and O–H groups in total. The molecule has 134 valence electrons. The lowest BCUT2D eigenvalue weighted by Gasteiger charge is -2.33. The maximum absolute atomic E-state index is 12.3. The van der Waals surface area contributed by atoms with Gasteiger partial charge in [0.15, 0.2) is 5.76 Å². The van der Waals surface area contributed by atoms with Crippen molar-refractivity contribution in [1.29, 1.82) is 0 Å². The molecular weight excluding hydrogens is 334 g/mol. The van der Waals surface area contributed by atoms with Gasteiger partial charge in [-0.1, -0.05) is 0 Å². The van der Waals surface area contributed by atoms with E-state index in [-0.39, 0.29) is 11.8 Å². The smallest absolute Gasteiger partial charge is 0.289 e. The summed E-state index contributed by atoms with van der Waals surface area (Å²) in [5.41, 5.74) is 2.24. The topological polar surface area (TPSA) is 75.0 Å². The molecule has 0 atom stereocenters. The number of furan rings is 1. The molecule has 0 bridgehead atoms. The molecule has 1 aromatic carbocycles. The van der Waals surface area contributed by atoms with Crippen LogP contribution < -0.4 is 10.1 Å². The normalized spacial score (nSPS) is 18.0. The molecule has 2 aliphatic heterocycles. The molecule has 0 radical (unpaired) electrons. The summed E-state index contributed by atoms with van der Waals surface area (Å²) < 4.78 is 10.4. The first-order chi connectivity index (χ1) is 12.7. The van der Waals surface area contributed by atoms with E-state index in [0.717, 1.165) is 11.3 Å². The van der Waals surface area contributed by atoms with Crippen LogP contribution in [0.1, 0.15) is 16.1 Å². The minimum atomic E-state index is -0.123. The summed E-state index contributed by atoms with van der Waals surface area (Å²) in [6.45, 7) is 2.47. The molecule has 7 heteroatoms. The number of anilines is 1. The van der Waals surface area contributed by atoms with Crippen molar-refractivity contribution in [2.45, 2.75) is 0 Å². The van der Waals surface area contributed by atoms with E-state index in [1.54, 1.807) is 24.1 Å². The molecule has 2 aromatic rings. The van der Waals surface area contributed by atoms with E-state index < -0.39 is 0 Å². The summed E-state index contributed by atoms with van der Waals surface area (Å²) in [6.07, 6.45) is 3.37. The predicted octanol–water partition coefficient (Wildman–Crippen LogP) is 2.04. The molecular formula is C19H19N3O4. The van der Waals surface area contributed by atoms with Crippen LogP contribution in [0, 0.1) is 0 Å². The van der Waals surface area contributed by atoms with Gasteiger partial charge in [0.1, 0.15) is 5.75 Å². The Morgan fingerprint density at radius 2 is 2.04 bits per heavy atom. The van der Waals surface area contributed by atoms with Crippen LogP contribution in [0.4, 0.5) is 5.69 Å². The summed E-state index contributed by atoms with van der Waals surface area (Å²) in [5, 5.41) is 2.87. The van der Waals surface area contributed by atoms with Gasteiger partial charge in [-0.3, -0.25) is 9.59 Å². The number of fused-ring (bicyclic) bond motifs is 1. The number of carbonyl (C=O) groups excluding carboxylic acids is 2. The Bertz CT molecular complexity index is 865. The van der Waals surface area contributed by atoms with Gasteiger partial charge in [-0.2, -0.15) is 0 Å². The Balaban J connectivity index is 1.47. The van der Waals surface area contributed by atoms with Gasteiger partial charge >= 0.3 is 0 Å². The van der Waals surface area contributed by atoms with Crippen molar-refractivity contribution in [3.63, 3.8) is 0 Å². The summed E-state index contributed by atoms with van der Waals surface area (Å²) >= 11 is 0. The van der Waals surface area contributed by atoms with Gasteiger partial charge in [0.25, 0.3) is 11.8 Å². The third-order valence-corrected chi connectivity index (χ3v) is 4.65. The Hall–Kier alpha value is -3.22. The van der Waals surface area contributed by atoms with E-state index in [1.165, 1.54) is 6.26 Å². The fraction of sp³-hybridized carbons (Fsp3) is 0.263. The SMILES string of the molecule is COc1ccc2c(c1)/C(=C\N1CCN(C(=O)c3ccco3)CC1)C(=O)N2. The second-order valence-electron chi connectivity index (χ2n) is 6.21. The van der Waals surface area contributed by atoms with Gasteiger partial charge in [-0.25, -0.2) is 0 Å². The molecule has 1 aromatic heterocycles. The monoisotopic (exact) mass is 353 g/mol. The minimum Gasteiger partial charge on any atom is -0.497 e. The van der Waals surface area contributed by atoms with E-state index in [4.69, 9.17) is 9.15 Å². The zero-order valence-corrected chi connectivity index (χ0v) is 14.4. The molecule has 0 spiro atoms. The van der Waals surface area contributed by atoms with Crippen molar-refractivity contribution in [2.24, 2.45) is 0 Å². The minimum absolute atomic E-state index is 0.101. The Kier molecular flexibility index (Phi) is 4.12. The summed E-state index contributed by atoms with van der Waals surface area (Å²) in [4.78, 5) is 28.5. The molecule has 4 rings (SSSR count). The number of amides is 2. The van der Waals surface area contributed by atoms with E-state index in [2.05, 4.69) is 10.2 Å². The van der Waals surface area contributed by atoms with Gasteiger partial charge in [0, 0.05) is 43.6 Å². The van der Waals surface area contributed by atoms with E-state index in [9.17, 15) is 9.59 Å². The van der Waals surface area contributed by atoms with Crippen molar-refractivity contribution in [3.05, 3.63) is 54.1 Å². The van der Waals surface area contributed by atoms with Crippen molar-refractivity contribution in [2.75, 3.05) is 38.6 Å². The third kappa shape index (κ3) is 2.92. The average Bonchev–Trinajstić information content (AvgIpc) is 3.30. The number of nitrogens with one attached hydrogen (secondary N) is 1. The van der Waals surface area contributed by atoms with E-state index >= 15 is 0 Å². The fourth-order valence-corrected chi connectivity index (χ4v) is 3.22. The van der Waals surface area contributed by atoms with Crippen molar-refractivity contribution < 1.29 is 18.7 Å². The number of rotatable bonds is 3. The molecule has 7 nitrogen and oxygen atoms in total. The highest BCUT2D eigenvalue weighted by Gasteiger charge is 2.27. The molecule has 0 saturated carbocycles. The Labute approximate surface area is 150 Å². The molecule has 0 unspecified atom stereocenters. The third-order valence-electron chi connectivity index (χ3n) is 4.65. The zero-order chi connectivity index (χ0) is 18.1. The van der Waals surface area contributed by atoms with Gasteiger partial charge < -0.3 is 24.3 Å².